The number of nitrogens with one attached hydrogen (secondary N) is 1. The van der Waals surface area contributed by atoms with E-state index in [9.17, 15) is 18.8 Å². The van der Waals surface area contributed by atoms with Crippen molar-refractivity contribution in [3.8, 4) is 5.75 Å². The van der Waals surface area contributed by atoms with Crippen LogP contribution in [-0.2, 0) is 9.59 Å². The van der Waals surface area contributed by atoms with Gasteiger partial charge in [-0.25, -0.2) is 4.39 Å². The smallest absolute Gasteiger partial charge is 0.293 e. The molecule has 9 heteroatoms. The van der Waals surface area contributed by atoms with Gasteiger partial charge in [-0.2, -0.15) is 0 Å². The van der Waals surface area contributed by atoms with Gasteiger partial charge in [0.2, 0.25) is 0 Å². The van der Waals surface area contributed by atoms with Gasteiger partial charge in [-0.15, -0.1) is 0 Å². The highest BCUT2D eigenvalue weighted by Crippen LogP contribution is 2.34. The van der Waals surface area contributed by atoms with E-state index in [-0.39, 0.29) is 40.3 Å². The lowest BCUT2D eigenvalue weighted by atomic mass is 10.2. The first kappa shape index (κ1) is 21.9. The van der Waals surface area contributed by atoms with Crippen LogP contribution in [0.4, 0.5) is 14.9 Å². The first-order chi connectivity index (χ1) is 14.3. The lowest BCUT2D eigenvalue weighted by Gasteiger charge is -2.16. The fourth-order valence-corrected chi connectivity index (χ4v) is 3.90. The Kier molecular flexibility index (Phi) is 6.79. The molecule has 3 amide bonds. The van der Waals surface area contributed by atoms with Crippen LogP contribution < -0.4 is 10.1 Å². The number of nitrogens with zero attached hydrogens (tertiary/aromatic N) is 1. The highest BCUT2D eigenvalue weighted by Gasteiger charge is 2.36. The molecule has 1 aliphatic rings. The van der Waals surface area contributed by atoms with Crippen molar-refractivity contribution < 1.29 is 23.5 Å². The van der Waals surface area contributed by atoms with Crippen LogP contribution in [0.2, 0.25) is 5.02 Å². The van der Waals surface area contributed by atoms with E-state index < -0.39 is 11.7 Å². The number of ether oxygens (including phenoxy) is 1. The minimum absolute atomic E-state index is 0.0582. The number of amides is 3. The summed E-state index contributed by atoms with van der Waals surface area (Å²) in [6.45, 7) is 3.18. The SMILES string of the molecule is CC(C)N1C(=O)SC(=Cc2ccc(OCC(=O)Nc3ccccc3F)c(Cl)c2)C1=O. The van der Waals surface area contributed by atoms with E-state index in [0.717, 1.165) is 11.8 Å². The maximum absolute atomic E-state index is 13.6. The fraction of sp³-hybridized carbons (Fsp3) is 0.190. The summed E-state index contributed by atoms with van der Waals surface area (Å²) in [5, 5.41) is 2.33. The molecule has 0 bridgehead atoms. The highest BCUT2D eigenvalue weighted by molar-refractivity contribution is 8.18. The number of halogens is 2. The molecular weight excluding hydrogens is 431 g/mol. The summed E-state index contributed by atoms with van der Waals surface area (Å²) < 4.78 is 19.0. The Morgan fingerprint density at radius 1 is 1.27 bits per heavy atom. The van der Waals surface area contributed by atoms with Crippen LogP contribution in [0.1, 0.15) is 19.4 Å². The van der Waals surface area contributed by atoms with Crippen molar-refractivity contribution in [1.82, 2.24) is 4.90 Å². The van der Waals surface area contributed by atoms with E-state index in [1.54, 1.807) is 44.2 Å². The number of rotatable bonds is 6. The average Bonchev–Trinajstić information content (AvgIpc) is 2.96. The third kappa shape index (κ3) is 5.01. The van der Waals surface area contributed by atoms with Gasteiger partial charge >= 0.3 is 0 Å². The Bertz CT molecular complexity index is 1040. The van der Waals surface area contributed by atoms with E-state index in [0.29, 0.717) is 10.5 Å². The number of carbonyl (C=O) groups excluding carboxylic acids is 3. The molecule has 0 radical (unpaired) electrons. The summed E-state index contributed by atoms with van der Waals surface area (Å²) >= 11 is 7.08. The summed E-state index contributed by atoms with van der Waals surface area (Å²) in [4.78, 5) is 37.8. The number of para-hydroxylation sites is 1. The molecule has 0 unspecified atom stereocenters. The first-order valence-corrected chi connectivity index (χ1v) is 10.2. The third-order valence-corrected chi connectivity index (χ3v) is 5.28. The van der Waals surface area contributed by atoms with Crippen LogP contribution in [0, 0.1) is 5.82 Å². The van der Waals surface area contributed by atoms with Crippen molar-refractivity contribution >= 4 is 52.2 Å². The molecule has 0 atom stereocenters. The number of hydrogen-bond acceptors (Lipinski definition) is 5. The molecule has 1 saturated heterocycles. The van der Waals surface area contributed by atoms with E-state index in [4.69, 9.17) is 16.3 Å². The lowest BCUT2D eigenvalue weighted by molar-refractivity contribution is -0.123. The Hall–Kier alpha value is -2.84. The second-order valence-electron chi connectivity index (χ2n) is 6.65. The van der Waals surface area contributed by atoms with Gasteiger partial charge in [0.25, 0.3) is 17.1 Å². The maximum atomic E-state index is 13.6. The molecule has 30 heavy (non-hydrogen) atoms. The minimum Gasteiger partial charge on any atom is -0.482 e. The molecule has 2 aromatic carbocycles. The van der Waals surface area contributed by atoms with Gasteiger partial charge in [0.15, 0.2) is 6.61 Å². The third-order valence-electron chi connectivity index (χ3n) is 4.10. The molecule has 1 fully saturated rings. The molecule has 1 aliphatic heterocycles. The zero-order chi connectivity index (χ0) is 21.8. The van der Waals surface area contributed by atoms with Crippen molar-refractivity contribution in [1.29, 1.82) is 0 Å². The number of thioether (sulfide) groups is 1. The second kappa shape index (κ2) is 9.32. The summed E-state index contributed by atoms with van der Waals surface area (Å²) in [5.41, 5.74) is 0.667. The molecule has 1 N–H and O–H groups in total. The second-order valence-corrected chi connectivity index (χ2v) is 8.05. The van der Waals surface area contributed by atoms with Crippen molar-refractivity contribution in [3.63, 3.8) is 0 Å². The largest absolute Gasteiger partial charge is 0.482 e. The lowest BCUT2D eigenvalue weighted by Crippen LogP contribution is -2.34. The van der Waals surface area contributed by atoms with Crippen LogP contribution in [0.25, 0.3) is 6.08 Å². The Balaban J connectivity index is 1.64. The van der Waals surface area contributed by atoms with Gasteiger partial charge in [0.1, 0.15) is 11.6 Å². The normalized spacial score (nSPS) is 15.2. The number of anilines is 1. The summed E-state index contributed by atoms with van der Waals surface area (Å²) in [6, 6.07) is 10.3. The molecular formula is C21H18ClFN2O4S. The first-order valence-electron chi connectivity index (χ1n) is 9.00. The number of imide groups is 1. The van der Waals surface area contributed by atoms with Gasteiger partial charge in [0, 0.05) is 6.04 Å². The zero-order valence-corrected chi connectivity index (χ0v) is 17.7. The number of hydrogen-bond donors (Lipinski definition) is 1. The molecule has 0 aromatic heterocycles. The Morgan fingerprint density at radius 3 is 2.63 bits per heavy atom. The van der Waals surface area contributed by atoms with Crippen LogP contribution in [0.5, 0.6) is 5.75 Å². The van der Waals surface area contributed by atoms with E-state index in [2.05, 4.69) is 5.32 Å². The van der Waals surface area contributed by atoms with Crippen LogP contribution in [0.3, 0.4) is 0 Å². The molecule has 6 nitrogen and oxygen atoms in total. The van der Waals surface area contributed by atoms with Crippen molar-refractivity contribution in [2.75, 3.05) is 11.9 Å². The molecule has 3 rings (SSSR count). The molecule has 156 valence electrons. The maximum Gasteiger partial charge on any atom is 0.293 e. The fourth-order valence-electron chi connectivity index (χ4n) is 2.69. The molecule has 2 aromatic rings. The van der Waals surface area contributed by atoms with Crippen molar-refractivity contribution in [3.05, 3.63) is 63.8 Å². The summed E-state index contributed by atoms with van der Waals surface area (Å²) in [6.07, 6.45) is 1.58. The van der Waals surface area contributed by atoms with Crippen LogP contribution in [0.15, 0.2) is 47.4 Å². The molecule has 0 aliphatic carbocycles. The van der Waals surface area contributed by atoms with Crippen LogP contribution >= 0.6 is 23.4 Å². The van der Waals surface area contributed by atoms with E-state index >= 15 is 0 Å². The van der Waals surface area contributed by atoms with Gasteiger partial charge in [-0.3, -0.25) is 19.3 Å². The Labute approximate surface area is 182 Å². The van der Waals surface area contributed by atoms with Gasteiger partial charge < -0.3 is 10.1 Å². The monoisotopic (exact) mass is 448 g/mol. The Morgan fingerprint density at radius 2 is 2.00 bits per heavy atom. The highest BCUT2D eigenvalue weighted by atomic mass is 35.5. The number of benzene rings is 2. The number of carbonyl (C=O) groups is 3. The van der Waals surface area contributed by atoms with E-state index in [1.807, 2.05) is 0 Å². The van der Waals surface area contributed by atoms with Crippen LogP contribution in [-0.4, -0.2) is 34.6 Å². The predicted octanol–water partition coefficient (Wildman–Crippen LogP) is 4.94. The molecule has 0 spiro atoms. The van der Waals surface area contributed by atoms with Gasteiger partial charge in [0.05, 0.1) is 15.6 Å². The molecule has 1 heterocycles. The zero-order valence-electron chi connectivity index (χ0n) is 16.1. The standard InChI is InChI=1S/C21H18ClFN2O4S/c1-12(2)25-20(27)18(30-21(25)28)10-13-7-8-17(14(22)9-13)29-11-19(26)24-16-6-4-3-5-15(16)23/h3-10,12H,11H2,1-2H3,(H,24,26). The summed E-state index contributed by atoms with van der Waals surface area (Å²) in [7, 11) is 0. The van der Waals surface area contributed by atoms with Gasteiger partial charge in [-0.1, -0.05) is 29.8 Å². The van der Waals surface area contributed by atoms with Crippen molar-refractivity contribution in [2.24, 2.45) is 0 Å². The average molecular weight is 449 g/mol. The van der Waals surface area contributed by atoms with Crippen molar-refractivity contribution in [2.45, 2.75) is 19.9 Å². The minimum atomic E-state index is -0.546. The summed E-state index contributed by atoms with van der Waals surface area (Å²) in [5.74, 6) is -1.17. The van der Waals surface area contributed by atoms with Gasteiger partial charge in [-0.05, 0) is 61.5 Å². The predicted molar refractivity (Wildman–Crippen MR) is 115 cm³/mol. The molecule has 0 saturated carbocycles. The quantitative estimate of drug-likeness (QED) is 0.633. The van der Waals surface area contributed by atoms with E-state index in [1.165, 1.54) is 23.1 Å². The topological polar surface area (TPSA) is 75.7 Å².